The van der Waals surface area contributed by atoms with Gasteiger partial charge in [0.1, 0.15) is 5.76 Å². The van der Waals surface area contributed by atoms with Crippen LogP contribution >= 0.6 is 0 Å². The summed E-state index contributed by atoms with van der Waals surface area (Å²) in [7, 11) is 0. The Bertz CT molecular complexity index is 387. The number of carbonyl (C=O) groups excluding carboxylic acids is 1. The van der Waals surface area contributed by atoms with E-state index in [2.05, 4.69) is 9.99 Å². The van der Waals surface area contributed by atoms with Crippen LogP contribution in [-0.4, -0.2) is 11.7 Å². The average molecular weight is 177 g/mol. The quantitative estimate of drug-likeness (QED) is 0.483. The van der Waals surface area contributed by atoms with Crippen LogP contribution in [-0.2, 0) is 9.63 Å². The van der Waals surface area contributed by atoms with Gasteiger partial charge in [-0.25, -0.2) is 4.79 Å². The van der Waals surface area contributed by atoms with Crippen LogP contribution in [0.1, 0.15) is 12.7 Å². The summed E-state index contributed by atoms with van der Waals surface area (Å²) in [5.41, 5.74) is 1.01. The Labute approximate surface area is 74.5 Å². The monoisotopic (exact) mass is 177 g/mol. The van der Waals surface area contributed by atoms with Gasteiger partial charge >= 0.3 is 5.97 Å². The molecule has 0 saturated heterocycles. The first kappa shape index (κ1) is 7.79. The minimum Gasteiger partial charge on any atom is -0.465 e. The Morgan fingerprint density at radius 3 is 2.92 bits per heavy atom. The predicted octanol–water partition coefficient (Wildman–Crippen LogP) is 1.60. The molecule has 0 radical (unpaired) electrons. The van der Waals surface area contributed by atoms with Crippen molar-refractivity contribution < 1.29 is 14.0 Å². The third-order valence-electron chi connectivity index (χ3n) is 1.70. The molecule has 0 bridgehead atoms. The Morgan fingerprint density at radius 2 is 2.38 bits per heavy atom. The van der Waals surface area contributed by atoms with E-state index in [1.807, 2.05) is 0 Å². The van der Waals surface area contributed by atoms with Crippen LogP contribution in [0.25, 0.3) is 6.08 Å². The van der Waals surface area contributed by atoms with Gasteiger partial charge in [0.25, 0.3) is 0 Å². The zero-order chi connectivity index (χ0) is 9.26. The Kier molecular flexibility index (Phi) is 1.73. The summed E-state index contributed by atoms with van der Waals surface area (Å²) in [6, 6.07) is 3.50. The minimum atomic E-state index is -0.436. The standard InChI is InChI=1S/C9H7NO3/c1-6-8(9(11)13-10-6)5-7-3-2-4-12-7/h2-5H,1H3/b8-5-. The van der Waals surface area contributed by atoms with Crippen molar-refractivity contribution in [2.24, 2.45) is 5.16 Å². The molecule has 1 aliphatic heterocycles. The maximum absolute atomic E-state index is 11.1. The molecule has 1 aromatic rings. The summed E-state index contributed by atoms with van der Waals surface area (Å²) >= 11 is 0. The molecule has 0 aromatic carbocycles. The van der Waals surface area contributed by atoms with Crippen molar-refractivity contribution in [3.63, 3.8) is 0 Å². The maximum atomic E-state index is 11.1. The molecule has 0 fully saturated rings. The maximum Gasteiger partial charge on any atom is 0.367 e. The second-order valence-electron chi connectivity index (χ2n) is 2.63. The number of carbonyl (C=O) groups is 1. The number of rotatable bonds is 1. The highest BCUT2D eigenvalue weighted by atomic mass is 16.7. The number of oxime groups is 1. The van der Waals surface area contributed by atoms with E-state index < -0.39 is 5.97 Å². The van der Waals surface area contributed by atoms with Crippen LogP contribution in [0.2, 0.25) is 0 Å². The van der Waals surface area contributed by atoms with Crippen LogP contribution in [0.5, 0.6) is 0 Å². The molecule has 13 heavy (non-hydrogen) atoms. The summed E-state index contributed by atoms with van der Waals surface area (Å²) in [6.07, 6.45) is 3.15. The topological polar surface area (TPSA) is 51.8 Å². The van der Waals surface area contributed by atoms with Crippen LogP contribution in [0.3, 0.4) is 0 Å². The van der Waals surface area contributed by atoms with Gasteiger partial charge in [-0.3, -0.25) is 0 Å². The van der Waals surface area contributed by atoms with E-state index in [4.69, 9.17) is 4.42 Å². The number of furan rings is 1. The molecule has 0 amide bonds. The lowest BCUT2D eigenvalue weighted by molar-refractivity contribution is -0.136. The van der Waals surface area contributed by atoms with E-state index in [-0.39, 0.29) is 0 Å². The predicted molar refractivity (Wildman–Crippen MR) is 45.9 cm³/mol. The average Bonchev–Trinajstić information content (AvgIpc) is 2.70. The lowest BCUT2D eigenvalue weighted by Crippen LogP contribution is -2.01. The number of nitrogens with zero attached hydrogens (tertiary/aromatic N) is 1. The molecule has 1 aromatic heterocycles. The molecular weight excluding hydrogens is 170 g/mol. The largest absolute Gasteiger partial charge is 0.465 e. The Balaban J connectivity index is 2.35. The lowest BCUT2D eigenvalue weighted by Gasteiger charge is -1.89. The van der Waals surface area contributed by atoms with Crippen molar-refractivity contribution in [1.29, 1.82) is 0 Å². The van der Waals surface area contributed by atoms with Gasteiger partial charge in [0.05, 0.1) is 17.5 Å². The molecule has 0 spiro atoms. The second-order valence-corrected chi connectivity index (χ2v) is 2.63. The van der Waals surface area contributed by atoms with Crippen LogP contribution < -0.4 is 0 Å². The molecule has 0 aliphatic carbocycles. The van der Waals surface area contributed by atoms with Crippen molar-refractivity contribution >= 4 is 17.8 Å². The fraction of sp³-hybridized carbons (Fsp3) is 0.111. The summed E-state index contributed by atoms with van der Waals surface area (Å²) in [4.78, 5) is 15.5. The third kappa shape index (κ3) is 1.38. The van der Waals surface area contributed by atoms with Gasteiger partial charge in [0.2, 0.25) is 0 Å². The summed E-state index contributed by atoms with van der Waals surface area (Å²) in [6.45, 7) is 1.71. The van der Waals surface area contributed by atoms with E-state index in [9.17, 15) is 4.79 Å². The molecule has 4 heteroatoms. The van der Waals surface area contributed by atoms with Gasteiger partial charge in [-0.1, -0.05) is 5.16 Å². The van der Waals surface area contributed by atoms with Gasteiger partial charge in [0.15, 0.2) is 0 Å². The van der Waals surface area contributed by atoms with Crippen LogP contribution in [0.4, 0.5) is 0 Å². The second kappa shape index (κ2) is 2.90. The molecule has 2 rings (SSSR count). The fourth-order valence-corrected chi connectivity index (χ4v) is 1.03. The molecule has 0 saturated carbocycles. The normalized spacial score (nSPS) is 19.0. The van der Waals surface area contributed by atoms with E-state index in [0.717, 1.165) is 0 Å². The van der Waals surface area contributed by atoms with Crippen molar-refractivity contribution in [2.45, 2.75) is 6.92 Å². The summed E-state index contributed by atoms with van der Waals surface area (Å²) in [5.74, 6) is 0.178. The van der Waals surface area contributed by atoms with Gasteiger partial charge in [-0.05, 0) is 25.1 Å². The third-order valence-corrected chi connectivity index (χ3v) is 1.70. The molecular formula is C9H7NO3. The van der Waals surface area contributed by atoms with Crippen LogP contribution in [0, 0.1) is 0 Å². The van der Waals surface area contributed by atoms with Gasteiger partial charge in [-0.15, -0.1) is 0 Å². The first-order chi connectivity index (χ1) is 6.27. The minimum absolute atomic E-state index is 0.436. The molecule has 0 N–H and O–H groups in total. The van der Waals surface area contributed by atoms with E-state index >= 15 is 0 Å². The van der Waals surface area contributed by atoms with E-state index in [0.29, 0.717) is 17.0 Å². The number of hydrogen-bond donors (Lipinski definition) is 0. The zero-order valence-corrected chi connectivity index (χ0v) is 6.98. The highest BCUT2D eigenvalue weighted by molar-refractivity contribution is 6.24. The smallest absolute Gasteiger partial charge is 0.367 e. The van der Waals surface area contributed by atoms with Crippen molar-refractivity contribution in [2.75, 3.05) is 0 Å². The molecule has 0 unspecified atom stereocenters. The van der Waals surface area contributed by atoms with Crippen molar-refractivity contribution in [3.05, 3.63) is 29.7 Å². The molecule has 4 nitrogen and oxygen atoms in total. The Hall–Kier alpha value is -1.84. The molecule has 66 valence electrons. The molecule has 1 aliphatic rings. The first-order valence-electron chi connectivity index (χ1n) is 3.79. The highest BCUT2D eigenvalue weighted by Gasteiger charge is 2.21. The van der Waals surface area contributed by atoms with Gasteiger partial charge < -0.3 is 9.25 Å². The highest BCUT2D eigenvalue weighted by Crippen LogP contribution is 2.15. The summed E-state index contributed by atoms with van der Waals surface area (Å²) in [5, 5.41) is 3.54. The number of hydrogen-bond acceptors (Lipinski definition) is 4. The Morgan fingerprint density at radius 1 is 1.54 bits per heavy atom. The SMILES string of the molecule is CC1=NOC(=O)/C1=C\c1ccco1. The fourth-order valence-electron chi connectivity index (χ4n) is 1.03. The lowest BCUT2D eigenvalue weighted by atomic mass is 10.1. The van der Waals surface area contributed by atoms with Crippen molar-refractivity contribution in [3.8, 4) is 0 Å². The summed E-state index contributed by atoms with van der Waals surface area (Å²) < 4.78 is 5.05. The molecule has 2 heterocycles. The van der Waals surface area contributed by atoms with E-state index in [1.54, 1.807) is 31.4 Å². The first-order valence-corrected chi connectivity index (χ1v) is 3.79. The van der Waals surface area contributed by atoms with Crippen LogP contribution in [0.15, 0.2) is 33.5 Å². The molecule has 0 atom stereocenters. The van der Waals surface area contributed by atoms with Crippen molar-refractivity contribution in [1.82, 2.24) is 0 Å². The van der Waals surface area contributed by atoms with Gasteiger partial charge in [0, 0.05) is 0 Å². The van der Waals surface area contributed by atoms with Gasteiger partial charge in [-0.2, -0.15) is 0 Å². The van der Waals surface area contributed by atoms with E-state index in [1.165, 1.54) is 0 Å². The zero-order valence-electron chi connectivity index (χ0n) is 6.98.